The first kappa shape index (κ1) is 21.9. The first-order valence-electron chi connectivity index (χ1n) is 9.12. The number of ether oxygens (including phenoxy) is 1. The zero-order chi connectivity index (χ0) is 20.9. The first-order chi connectivity index (χ1) is 13.2. The maximum Gasteiger partial charge on any atom is 0.251 e. The van der Waals surface area contributed by atoms with Gasteiger partial charge in [-0.25, -0.2) is 12.7 Å². The van der Waals surface area contributed by atoms with Crippen molar-refractivity contribution in [3.05, 3.63) is 59.7 Å². The van der Waals surface area contributed by atoms with Gasteiger partial charge in [0.05, 0.1) is 7.11 Å². The fourth-order valence-electron chi connectivity index (χ4n) is 2.96. The predicted octanol–water partition coefficient (Wildman–Crippen LogP) is 3.12. The van der Waals surface area contributed by atoms with Crippen LogP contribution in [0.3, 0.4) is 0 Å². The third-order valence-electron chi connectivity index (χ3n) is 4.70. The molecule has 1 amide bonds. The molecule has 0 saturated carbocycles. The normalized spacial score (nSPS) is 12.8. The minimum Gasteiger partial charge on any atom is -0.495 e. The lowest BCUT2D eigenvalue weighted by Crippen LogP contribution is -2.30. The predicted molar refractivity (Wildman–Crippen MR) is 110 cm³/mol. The number of methoxy groups -OCH3 is 1. The summed E-state index contributed by atoms with van der Waals surface area (Å²) in [4.78, 5) is 12.7. The Morgan fingerprint density at radius 3 is 2.29 bits per heavy atom. The molecule has 0 aliphatic rings. The SMILES string of the molecule is COc1ccc(C(=O)NCC(c2ccccc2)C(C)C)cc1S(=O)(=O)N(C)C. The van der Waals surface area contributed by atoms with E-state index in [0.717, 1.165) is 9.87 Å². The minimum atomic E-state index is -3.74. The van der Waals surface area contributed by atoms with Gasteiger partial charge in [-0.3, -0.25) is 4.79 Å². The third-order valence-corrected chi connectivity index (χ3v) is 6.54. The topological polar surface area (TPSA) is 75.7 Å². The largest absolute Gasteiger partial charge is 0.495 e. The van der Waals surface area contributed by atoms with Gasteiger partial charge in [-0.2, -0.15) is 0 Å². The highest BCUT2D eigenvalue weighted by Gasteiger charge is 2.24. The zero-order valence-corrected chi connectivity index (χ0v) is 17.8. The van der Waals surface area contributed by atoms with E-state index in [1.54, 1.807) is 6.07 Å². The summed E-state index contributed by atoms with van der Waals surface area (Å²) < 4.78 is 31.3. The molecule has 2 rings (SSSR count). The Labute approximate surface area is 167 Å². The number of sulfonamides is 1. The minimum absolute atomic E-state index is 0.0314. The molecule has 2 aromatic rings. The quantitative estimate of drug-likeness (QED) is 0.733. The smallest absolute Gasteiger partial charge is 0.251 e. The molecule has 2 aromatic carbocycles. The number of nitrogens with zero attached hydrogens (tertiary/aromatic N) is 1. The fraction of sp³-hybridized carbons (Fsp3) is 0.381. The second kappa shape index (κ2) is 9.21. The van der Waals surface area contributed by atoms with Crippen LogP contribution in [0.1, 0.15) is 35.7 Å². The van der Waals surface area contributed by atoms with Crippen LogP contribution in [0.25, 0.3) is 0 Å². The van der Waals surface area contributed by atoms with Gasteiger partial charge in [0.1, 0.15) is 10.6 Å². The molecular weight excluding hydrogens is 376 g/mol. The number of hydrogen-bond acceptors (Lipinski definition) is 4. The van der Waals surface area contributed by atoms with Crippen molar-refractivity contribution < 1.29 is 17.9 Å². The summed E-state index contributed by atoms with van der Waals surface area (Å²) >= 11 is 0. The number of hydrogen-bond donors (Lipinski definition) is 1. The Balaban J connectivity index is 2.25. The zero-order valence-electron chi connectivity index (χ0n) is 17.0. The van der Waals surface area contributed by atoms with Crippen LogP contribution >= 0.6 is 0 Å². The van der Waals surface area contributed by atoms with Crippen molar-refractivity contribution in [3.63, 3.8) is 0 Å². The van der Waals surface area contributed by atoms with Crippen LogP contribution in [0.2, 0.25) is 0 Å². The van der Waals surface area contributed by atoms with Crippen molar-refractivity contribution in [1.82, 2.24) is 9.62 Å². The molecule has 1 atom stereocenters. The van der Waals surface area contributed by atoms with Crippen LogP contribution in [0.5, 0.6) is 5.75 Å². The second-order valence-corrected chi connectivity index (χ2v) is 9.24. The average Bonchev–Trinajstić information content (AvgIpc) is 2.67. The number of amides is 1. The van der Waals surface area contributed by atoms with Gasteiger partial charge in [-0.1, -0.05) is 44.2 Å². The Morgan fingerprint density at radius 2 is 1.75 bits per heavy atom. The van der Waals surface area contributed by atoms with Crippen LogP contribution in [-0.2, 0) is 10.0 Å². The summed E-state index contributed by atoms with van der Waals surface area (Å²) in [5, 5.41) is 2.94. The van der Waals surface area contributed by atoms with Crippen LogP contribution in [0.4, 0.5) is 0 Å². The van der Waals surface area contributed by atoms with Gasteiger partial charge >= 0.3 is 0 Å². The number of rotatable bonds is 8. The molecule has 28 heavy (non-hydrogen) atoms. The summed E-state index contributed by atoms with van der Waals surface area (Å²) in [6, 6.07) is 14.4. The van der Waals surface area contributed by atoms with E-state index in [-0.39, 0.29) is 28.0 Å². The summed E-state index contributed by atoms with van der Waals surface area (Å²) in [5.74, 6) is 0.380. The number of carbonyl (C=O) groups is 1. The molecular formula is C21H28N2O4S. The Bertz CT molecular complexity index is 909. The van der Waals surface area contributed by atoms with Gasteiger partial charge in [-0.15, -0.1) is 0 Å². The highest BCUT2D eigenvalue weighted by molar-refractivity contribution is 7.89. The van der Waals surface area contributed by atoms with Gasteiger partial charge in [-0.05, 0) is 29.7 Å². The van der Waals surface area contributed by atoms with E-state index in [9.17, 15) is 13.2 Å². The Morgan fingerprint density at radius 1 is 1.11 bits per heavy atom. The molecule has 0 heterocycles. The molecule has 0 aliphatic carbocycles. The maximum absolute atomic E-state index is 12.7. The van der Waals surface area contributed by atoms with Crippen LogP contribution in [0, 0.1) is 5.92 Å². The first-order valence-corrected chi connectivity index (χ1v) is 10.6. The van der Waals surface area contributed by atoms with E-state index in [2.05, 4.69) is 19.2 Å². The molecule has 152 valence electrons. The van der Waals surface area contributed by atoms with Crippen LogP contribution < -0.4 is 10.1 Å². The third kappa shape index (κ3) is 4.91. The highest BCUT2D eigenvalue weighted by Crippen LogP contribution is 2.27. The molecule has 7 heteroatoms. The molecule has 1 N–H and O–H groups in total. The van der Waals surface area contributed by atoms with Gasteiger partial charge in [0.15, 0.2) is 0 Å². The lowest BCUT2D eigenvalue weighted by Gasteiger charge is -2.22. The molecule has 0 bridgehead atoms. The molecule has 0 spiro atoms. The van der Waals surface area contributed by atoms with Gasteiger partial charge in [0.25, 0.3) is 5.91 Å². The van der Waals surface area contributed by atoms with E-state index in [4.69, 9.17) is 4.74 Å². The number of carbonyl (C=O) groups excluding carboxylic acids is 1. The number of benzene rings is 2. The van der Waals surface area contributed by atoms with Crippen molar-refractivity contribution in [3.8, 4) is 5.75 Å². The molecule has 0 aromatic heterocycles. The summed E-state index contributed by atoms with van der Waals surface area (Å²) in [5.41, 5.74) is 1.43. The van der Waals surface area contributed by atoms with E-state index in [1.807, 2.05) is 30.3 Å². The Kier molecular flexibility index (Phi) is 7.21. The molecule has 1 unspecified atom stereocenters. The average molecular weight is 405 g/mol. The van der Waals surface area contributed by atoms with Crippen molar-refractivity contribution in [1.29, 1.82) is 0 Å². The Hall–Kier alpha value is -2.38. The lowest BCUT2D eigenvalue weighted by molar-refractivity contribution is 0.0949. The molecule has 0 radical (unpaired) electrons. The van der Waals surface area contributed by atoms with E-state index in [1.165, 1.54) is 33.3 Å². The van der Waals surface area contributed by atoms with Crippen molar-refractivity contribution in [2.24, 2.45) is 5.92 Å². The molecule has 0 aliphatic heterocycles. The highest BCUT2D eigenvalue weighted by atomic mass is 32.2. The molecule has 6 nitrogen and oxygen atoms in total. The summed E-state index contributed by atoms with van der Waals surface area (Å²) in [6.45, 7) is 4.68. The van der Waals surface area contributed by atoms with Gasteiger partial charge in [0.2, 0.25) is 10.0 Å². The van der Waals surface area contributed by atoms with Crippen molar-refractivity contribution >= 4 is 15.9 Å². The van der Waals surface area contributed by atoms with Crippen molar-refractivity contribution in [2.45, 2.75) is 24.7 Å². The summed E-state index contributed by atoms with van der Waals surface area (Å²) in [6.07, 6.45) is 0. The fourth-order valence-corrected chi connectivity index (χ4v) is 4.03. The van der Waals surface area contributed by atoms with Gasteiger partial charge < -0.3 is 10.1 Å². The maximum atomic E-state index is 12.7. The molecule has 0 saturated heterocycles. The molecule has 0 fully saturated rings. The monoisotopic (exact) mass is 404 g/mol. The standard InChI is InChI=1S/C21H28N2O4S/c1-15(2)18(16-9-7-6-8-10-16)14-22-21(24)17-11-12-19(27-5)20(13-17)28(25,26)23(3)4/h6-13,15,18H,14H2,1-5H3,(H,22,24). The second-order valence-electron chi connectivity index (χ2n) is 7.12. The van der Waals surface area contributed by atoms with Crippen molar-refractivity contribution in [2.75, 3.05) is 27.7 Å². The lowest BCUT2D eigenvalue weighted by atomic mass is 9.88. The van der Waals surface area contributed by atoms with E-state index < -0.39 is 10.0 Å². The summed E-state index contributed by atoms with van der Waals surface area (Å²) in [7, 11) is 0.543. The van der Waals surface area contributed by atoms with Gasteiger partial charge in [0, 0.05) is 32.1 Å². The van der Waals surface area contributed by atoms with Crippen LogP contribution in [0.15, 0.2) is 53.4 Å². The van der Waals surface area contributed by atoms with E-state index >= 15 is 0 Å². The van der Waals surface area contributed by atoms with Crippen LogP contribution in [-0.4, -0.2) is 46.4 Å². The van der Waals surface area contributed by atoms with E-state index in [0.29, 0.717) is 12.5 Å². The number of nitrogens with one attached hydrogen (secondary N) is 1.